The molecule has 0 aliphatic carbocycles. The van der Waals surface area contributed by atoms with Crippen molar-refractivity contribution >= 4 is 27.3 Å². The van der Waals surface area contributed by atoms with Crippen molar-refractivity contribution < 1.29 is 17.9 Å². The summed E-state index contributed by atoms with van der Waals surface area (Å²) in [6, 6.07) is 9.90. The molecule has 0 unspecified atom stereocenters. The summed E-state index contributed by atoms with van der Waals surface area (Å²) in [7, 11) is -2.46. The van der Waals surface area contributed by atoms with Gasteiger partial charge in [-0.25, -0.2) is 13.2 Å². The molecule has 2 heterocycles. The van der Waals surface area contributed by atoms with Crippen LogP contribution in [0, 0.1) is 6.92 Å². The van der Waals surface area contributed by atoms with Gasteiger partial charge in [0.1, 0.15) is 9.77 Å². The predicted octanol–water partition coefficient (Wildman–Crippen LogP) is 2.74. The van der Waals surface area contributed by atoms with Gasteiger partial charge in [0.15, 0.2) is 0 Å². The highest BCUT2D eigenvalue weighted by atomic mass is 32.2. The first kappa shape index (κ1) is 20.0. The van der Waals surface area contributed by atoms with E-state index in [2.05, 4.69) is 36.1 Å². The van der Waals surface area contributed by atoms with E-state index in [0.717, 1.165) is 30.8 Å². The largest absolute Gasteiger partial charge is 0.465 e. The Hall–Kier alpha value is -1.74. The molecular weight excluding hydrogens is 384 g/mol. The lowest BCUT2D eigenvalue weighted by Gasteiger charge is -2.22. The van der Waals surface area contributed by atoms with Gasteiger partial charge in [-0.15, -0.1) is 11.3 Å². The van der Waals surface area contributed by atoms with E-state index < -0.39 is 16.0 Å². The van der Waals surface area contributed by atoms with E-state index in [1.54, 1.807) is 5.38 Å². The number of aryl methyl sites for hydroxylation is 1. The Morgan fingerprint density at radius 2 is 1.85 bits per heavy atom. The van der Waals surface area contributed by atoms with Gasteiger partial charge < -0.3 is 4.74 Å². The lowest BCUT2D eigenvalue weighted by atomic mass is 10.1. The zero-order valence-corrected chi connectivity index (χ0v) is 17.2. The Labute approximate surface area is 164 Å². The number of sulfonamides is 1. The van der Waals surface area contributed by atoms with E-state index in [1.807, 2.05) is 0 Å². The molecule has 2 aromatic rings. The summed E-state index contributed by atoms with van der Waals surface area (Å²) in [5, 5.41) is 1.61. The fourth-order valence-corrected chi connectivity index (χ4v) is 5.96. The minimum Gasteiger partial charge on any atom is -0.465 e. The average molecular weight is 409 g/mol. The number of nitrogens with zero attached hydrogens (tertiary/aromatic N) is 2. The van der Waals surface area contributed by atoms with Crippen molar-refractivity contribution in [2.75, 3.05) is 33.3 Å². The summed E-state index contributed by atoms with van der Waals surface area (Å²) in [5.74, 6) is -0.612. The topological polar surface area (TPSA) is 66.9 Å². The van der Waals surface area contributed by atoms with Crippen LogP contribution in [-0.2, 0) is 21.3 Å². The van der Waals surface area contributed by atoms with Crippen molar-refractivity contribution in [3.05, 3.63) is 51.7 Å². The van der Waals surface area contributed by atoms with Gasteiger partial charge >= 0.3 is 5.97 Å². The third kappa shape index (κ3) is 4.57. The molecule has 8 heteroatoms. The molecule has 0 saturated carbocycles. The number of hydrogen-bond donors (Lipinski definition) is 0. The van der Waals surface area contributed by atoms with Crippen molar-refractivity contribution in [1.29, 1.82) is 0 Å². The molecule has 3 rings (SSSR count). The van der Waals surface area contributed by atoms with Crippen LogP contribution < -0.4 is 0 Å². The smallest absolute Gasteiger partial charge is 0.349 e. The minimum absolute atomic E-state index is 0.0475. The van der Waals surface area contributed by atoms with E-state index in [-0.39, 0.29) is 9.77 Å². The first-order chi connectivity index (χ1) is 12.9. The van der Waals surface area contributed by atoms with E-state index in [9.17, 15) is 13.2 Å². The zero-order chi connectivity index (χ0) is 19.4. The van der Waals surface area contributed by atoms with Crippen LogP contribution in [0.25, 0.3) is 0 Å². The van der Waals surface area contributed by atoms with Gasteiger partial charge in [0.25, 0.3) is 0 Å². The van der Waals surface area contributed by atoms with E-state index in [1.165, 1.54) is 28.6 Å². The second kappa shape index (κ2) is 8.52. The van der Waals surface area contributed by atoms with Crippen LogP contribution in [0.2, 0.25) is 0 Å². The fraction of sp³-hybridized carbons (Fsp3) is 0.421. The summed E-state index contributed by atoms with van der Waals surface area (Å²) in [6.45, 7) is 5.22. The molecule has 1 aromatic heterocycles. The van der Waals surface area contributed by atoms with Gasteiger partial charge in [0.05, 0.1) is 7.11 Å². The average Bonchev–Trinajstić information content (AvgIpc) is 3.04. The number of carbonyl (C=O) groups is 1. The van der Waals surface area contributed by atoms with Gasteiger partial charge in [-0.05, 0) is 36.9 Å². The number of hydrogen-bond acceptors (Lipinski definition) is 6. The number of methoxy groups -OCH3 is 1. The van der Waals surface area contributed by atoms with Crippen molar-refractivity contribution in [2.45, 2.75) is 24.8 Å². The molecule has 6 nitrogen and oxygen atoms in total. The zero-order valence-electron chi connectivity index (χ0n) is 15.6. The van der Waals surface area contributed by atoms with Crippen molar-refractivity contribution in [3.8, 4) is 0 Å². The van der Waals surface area contributed by atoms with E-state index in [0.29, 0.717) is 19.6 Å². The molecule has 1 saturated heterocycles. The summed E-state index contributed by atoms with van der Waals surface area (Å²) in [4.78, 5) is 14.3. The minimum atomic E-state index is -3.71. The van der Waals surface area contributed by atoms with Gasteiger partial charge in [0.2, 0.25) is 10.0 Å². The molecule has 1 aliphatic rings. The Morgan fingerprint density at radius 3 is 2.56 bits per heavy atom. The SMILES string of the molecule is COC(=O)c1sccc1S(=O)(=O)N1CCCN(Cc2ccc(C)cc2)CC1. The molecule has 27 heavy (non-hydrogen) atoms. The van der Waals surface area contributed by atoms with Crippen LogP contribution in [0.4, 0.5) is 0 Å². The second-order valence-electron chi connectivity index (χ2n) is 6.62. The van der Waals surface area contributed by atoms with Crippen LogP contribution in [0.5, 0.6) is 0 Å². The standard InChI is InChI=1S/C19H24N2O4S2/c1-15-4-6-16(7-5-15)14-20-9-3-10-21(12-11-20)27(23,24)17-8-13-26-18(17)19(22)25-2/h4-8,13H,3,9-12,14H2,1-2H3. The van der Waals surface area contributed by atoms with Gasteiger partial charge in [-0.2, -0.15) is 4.31 Å². The van der Waals surface area contributed by atoms with Crippen LogP contribution in [-0.4, -0.2) is 56.9 Å². The molecule has 146 valence electrons. The number of rotatable bonds is 5. The van der Waals surface area contributed by atoms with Crippen LogP contribution in [0.1, 0.15) is 27.2 Å². The summed E-state index contributed by atoms with van der Waals surface area (Å²) in [5.41, 5.74) is 2.45. The molecule has 0 spiro atoms. The fourth-order valence-electron chi connectivity index (χ4n) is 3.18. The van der Waals surface area contributed by atoms with E-state index in [4.69, 9.17) is 4.74 Å². The predicted molar refractivity (Wildman–Crippen MR) is 105 cm³/mol. The Bertz CT molecular complexity index is 891. The van der Waals surface area contributed by atoms with Crippen molar-refractivity contribution in [3.63, 3.8) is 0 Å². The third-order valence-electron chi connectivity index (χ3n) is 4.69. The molecule has 0 radical (unpaired) electrons. The number of ether oxygens (including phenoxy) is 1. The van der Waals surface area contributed by atoms with Crippen LogP contribution in [0.15, 0.2) is 40.6 Å². The van der Waals surface area contributed by atoms with Crippen LogP contribution in [0.3, 0.4) is 0 Å². The highest BCUT2D eigenvalue weighted by molar-refractivity contribution is 7.89. The van der Waals surface area contributed by atoms with Crippen molar-refractivity contribution in [1.82, 2.24) is 9.21 Å². The molecule has 1 aliphatic heterocycles. The van der Waals surface area contributed by atoms with Gasteiger partial charge in [-0.3, -0.25) is 4.90 Å². The number of thiophene rings is 1. The summed E-state index contributed by atoms with van der Waals surface area (Å²) < 4.78 is 32.3. The molecule has 1 fully saturated rings. The Balaban J connectivity index is 1.71. The maximum Gasteiger partial charge on any atom is 0.349 e. The third-order valence-corrected chi connectivity index (χ3v) is 7.66. The molecular formula is C19H24N2O4S2. The summed E-state index contributed by atoms with van der Waals surface area (Å²) >= 11 is 1.09. The molecule has 0 N–H and O–H groups in total. The van der Waals surface area contributed by atoms with Crippen molar-refractivity contribution in [2.24, 2.45) is 0 Å². The van der Waals surface area contributed by atoms with Gasteiger partial charge in [-0.1, -0.05) is 29.8 Å². The first-order valence-electron chi connectivity index (χ1n) is 8.85. The molecule has 0 bridgehead atoms. The maximum atomic E-state index is 13.1. The highest BCUT2D eigenvalue weighted by Crippen LogP contribution is 2.27. The monoisotopic (exact) mass is 408 g/mol. The summed E-state index contributed by atoms with van der Waals surface area (Å²) in [6.07, 6.45) is 0.753. The maximum absolute atomic E-state index is 13.1. The van der Waals surface area contributed by atoms with Crippen LogP contribution >= 0.6 is 11.3 Å². The highest BCUT2D eigenvalue weighted by Gasteiger charge is 2.31. The number of esters is 1. The lowest BCUT2D eigenvalue weighted by Crippen LogP contribution is -2.35. The molecule has 1 aromatic carbocycles. The Morgan fingerprint density at radius 1 is 1.11 bits per heavy atom. The normalized spacial score (nSPS) is 16.8. The number of carbonyl (C=O) groups excluding carboxylic acids is 1. The van der Waals surface area contributed by atoms with Gasteiger partial charge in [0, 0.05) is 26.2 Å². The Kier molecular flexibility index (Phi) is 6.31. The molecule has 0 atom stereocenters. The molecule has 0 amide bonds. The lowest BCUT2D eigenvalue weighted by molar-refractivity contribution is 0.0602. The first-order valence-corrected chi connectivity index (χ1v) is 11.2. The quantitative estimate of drug-likeness (QED) is 0.712. The number of benzene rings is 1. The second-order valence-corrected chi connectivity index (χ2v) is 9.45. The van der Waals surface area contributed by atoms with E-state index >= 15 is 0 Å².